The first-order valence-electron chi connectivity index (χ1n) is 0. The van der Waals surface area contributed by atoms with E-state index in [0.29, 0.717) is 0 Å². The van der Waals surface area contributed by atoms with Crippen LogP contribution in [-0.4, -0.2) is 50.4 Å². The van der Waals surface area contributed by atoms with E-state index in [2.05, 4.69) is 0 Å². The van der Waals surface area contributed by atoms with Crippen LogP contribution < -0.4 is 0 Å². The molecule has 0 aliphatic heterocycles. The summed E-state index contributed by atoms with van der Waals surface area (Å²) in [5.41, 5.74) is 0. The SMILES string of the molecule is Cl.O.O.O.[Mg+2].[OH-].[OH-]. The van der Waals surface area contributed by atoms with E-state index >= 15 is 0 Å². The number of halogens is 1. The van der Waals surface area contributed by atoms with Gasteiger partial charge in [0.2, 0.25) is 0 Å². The zero-order valence-electron chi connectivity index (χ0n) is 3.51. The van der Waals surface area contributed by atoms with E-state index in [-0.39, 0.29) is 62.8 Å². The summed E-state index contributed by atoms with van der Waals surface area (Å²) in [6.45, 7) is 0. The first-order chi connectivity index (χ1) is 0. The van der Waals surface area contributed by atoms with Gasteiger partial charge in [0, 0.05) is 0 Å². The second-order valence-corrected chi connectivity index (χ2v) is 0. The summed E-state index contributed by atoms with van der Waals surface area (Å²) in [7, 11) is 0. The van der Waals surface area contributed by atoms with Gasteiger partial charge in [0.05, 0.1) is 0 Å². The molecule has 48 valence electrons. The third-order valence-corrected chi connectivity index (χ3v) is 0. The smallest absolute Gasteiger partial charge is 0.870 e. The van der Waals surface area contributed by atoms with E-state index in [9.17, 15) is 0 Å². The molecule has 7 heteroatoms. The largest absolute Gasteiger partial charge is 2.00 e. The van der Waals surface area contributed by atoms with E-state index in [4.69, 9.17) is 0 Å². The molecule has 0 aromatic heterocycles. The fourth-order valence-corrected chi connectivity index (χ4v) is 0. The third-order valence-electron chi connectivity index (χ3n) is 0. The molecule has 0 amide bonds. The van der Waals surface area contributed by atoms with Crippen molar-refractivity contribution in [2.24, 2.45) is 0 Å². The Hall–Kier alpha value is 0.856. The third kappa shape index (κ3) is 221. The predicted molar refractivity (Wildman–Crippen MR) is 27.7 cm³/mol. The van der Waals surface area contributed by atoms with Gasteiger partial charge < -0.3 is 27.4 Å². The minimum absolute atomic E-state index is 0. The molecule has 8 N–H and O–H groups in total. The molecule has 0 unspecified atom stereocenters. The summed E-state index contributed by atoms with van der Waals surface area (Å²) < 4.78 is 0. The molecule has 0 aromatic carbocycles. The molecule has 0 bridgehead atoms. The van der Waals surface area contributed by atoms with Crippen molar-refractivity contribution in [2.45, 2.75) is 0 Å². The summed E-state index contributed by atoms with van der Waals surface area (Å²) in [5.74, 6) is 0. The Morgan fingerprint density at radius 1 is 0.571 bits per heavy atom. The Balaban J connectivity index is 0. The molecule has 0 spiro atoms. The van der Waals surface area contributed by atoms with E-state index in [1.165, 1.54) is 0 Å². The number of rotatable bonds is 0. The molecule has 0 aliphatic carbocycles. The molecular weight excluding hydrogens is 140 g/mol. The fourth-order valence-electron chi connectivity index (χ4n) is 0. The van der Waals surface area contributed by atoms with Crippen molar-refractivity contribution in [2.75, 3.05) is 0 Å². The molecule has 0 heterocycles. The van der Waals surface area contributed by atoms with Crippen LogP contribution in [0, 0.1) is 0 Å². The molecule has 0 aliphatic rings. The molecule has 0 fully saturated rings. The maximum absolute atomic E-state index is 0. The predicted octanol–water partition coefficient (Wildman–Crippen LogP) is -2.79. The van der Waals surface area contributed by atoms with Crippen molar-refractivity contribution in [1.82, 2.24) is 0 Å². The molecule has 0 radical (unpaired) electrons. The normalized spacial score (nSPS) is 0. The van der Waals surface area contributed by atoms with Crippen molar-refractivity contribution in [3.8, 4) is 0 Å². The molecule has 0 saturated heterocycles. The maximum Gasteiger partial charge on any atom is 2.00 e. The molecule has 0 rings (SSSR count). The Morgan fingerprint density at radius 2 is 0.571 bits per heavy atom. The number of hydrogen-bond donors (Lipinski definition) is 0. The van der Waals surface area contributed by atoms with Crippen molar-refractivity contribution in [1.29, 1.82) is 0 Å². The van der Waals surface area contributed by atoms with Crippen molar-refractivity contribution >= 4 is 35.5 Å². The van der Waals surface area contributed by atoms with E-state index < -0.39 is 0 Å². The Morgan fingerprint density at radius 3 is 0.571 bits per heavy atom. The van der Waals surface area contributed by atoms with Crippen LogP contribution in [0.15, 0.2) is 0 Å². The summed E-state index contributed by atoms with van der Waals surface area (Å²) in [6, 6.07) is 0. The van der Waals surface area contributed by atoms with Crippen LogP contribution in [0.4, 0.5) is 0 Å². The molecule has 5 nitrogen and oxygen atoms in total. The average molecular weight is 149 g/mol. The van der Waals surface area contributed by atoms with Crippen LogP contribution >= 0.6 is 12.4 Å². The zero-order valence-corrected chi connectivity index (χ0v) is 5.74. The van der Waals surface area contributed by atoms with Crippen molar-refractivity contribution in [3.05, 3.63) is 0 Å². The monoisotopic (exact) mass is 148 g/mol. The van der Waals surface area contributed by atoms with Gasteiger partial charge in [-0.25, -0.2) is 0 Å². The van der Waals surface area contributed by atoms with Crippen molar-refractivity contribution in [3.63, 3.8) is 0 Å². The van der Waals surface area contributed by atoms with Gasteiger partial charge >= 0.3 is 23.1 Å². The summed E-state index contributed by atoms with van der Waals surface area (Å²) >= 11 is 0. The van der Waals surface area contributed by atoms with Gasteiger partial charge in [0.1, 0.15) is 0 Å². The van der Waals surface area contributed by atoms with Crippen LogP contribution in [0.1, 0.15) is 0 Å². The number of hydrogen-bond acceptors (Lipinski definition) is 2. The van der Waals surface area contributed by atoms with E-state index in [1.54, 1.807) is 0 Å². The second-order valence-electron chi connectivity index (χ2n) is 0. The summed E-state index contributed by atoms with van der Waals surface area (Å²) in [4.78, 5) is 0. The van der Waals surface area contributed by atoms with Gasteiger partial charge in [-0.15, -0.1) is 12.4 Å². The van der Waals surface area contributed by atoms with Crippen LogP contribution in [0.3, 0.4) is 0 Å². The van der Waals surface area contributed by atoms with Crippen LogP contribution in [0.5, 0.6) is 0 Å². The Labute approximate surface area is 63.2 Å². The second kappa shape index (κ2) is 321. The Bertz CT molecular complexity index is 8.04. The maximum atomic E-state index is 0. The fraction of sp³-hybridized carbons (Fsp3) is 0. The van der Waals surface area contributed by atoms with Gasteiger partial charge in [-0.1, -0.05) is 0 Å². The zero-order chi connectivity index (χ0) is 0. The summed E-state index contributed by atoms with van der Waals surface area (Å²) in [5, 5.41) is 0. The molecular formula is H9ClMgO5. The van der Waals surface area contributed by atoms with Gasteiger partial charge in [-0.05, 0) is 0 Å². The van der Waals surface area contributed by atoms with Gasteiger partial charge in [0.15, 0.2) is 0 Å². The van der Waals surface area contributed by atoms with Gasteiger partial charge in [-0.3, -0.25) is 0 Å². The van der Waals surface area contributed by atoms with Crippen LogP contribution in [0.2, 0.25) is 0 Å². The molecule has 0 saturated carbocycles. The van der Waals surface area contributed by atoms with Crippen LogP contribution in [0.25, 0.3) is 0 Å². The topological polar surface area (TPSA) is 154 Å². The summed E-state index contributed by atoms with van der Waals surface area (Å²) in [6.07, 6.45) is 0. The van der Waals surface area contributed by atoms with Gasteiger partial charge in [-0.2, -0.15) is 0 Å². The minimum Gasteiger partial charge on any atom is -0.870 e. The molecule has 7 heavy (non-hydrogen) atoms. The first-order valence-corrected chi connectivity index (χ1v) is 0. The van der Waals surface area contributed by atoms with Crippen LogP contribution in [-0.2, 0) is 0 Å². The Kier molecular flexibility index (Phi) is 23100. The van der Waals surface area contributed by atoms with Crippen molar-refractivity contribution < 1.29 is 27.4 Å². The van der Waals surface area contributed by atoms with E-state index in [0.717, 1.165) is 0 Å². The standard InChI is InChI=1S/ClH.Mg.5H2O/h1H;;5*1H2/q;+2;;;;;/p-2. The average Bonchev–Trinajstić information content (AvgIpc) is 0. The first kappa shape index (κ1) is 504. The van der Waals surface area contributed by atoms with Gasteiger partial charge in [0.25, 0.3) is 0 Å². The van der Waals surface area contributed by atoms with E-state index in [1.807, 2.05) is 0 Å². The minimum atomic E-state index is 0. The molecule has 0 atom stereocenters. The quantitative estimate of drug-likeness (QED) is 0.341. The molecule has 0 aromatic rings.